The van der Waals surface area contributed by atoms with Crippen molar-refractivity contribution in [2.24, 2.45) is 0 Å². The first kappa shape index (κ1) is 18.6. The summed E-state index contributed by atoms with van der Waals surface area (Å²) in [6.45, 7) is 7.85. The molecule has 0 bridgehead atoms. The van der Waals surface area contributed by atoms with Crippen LogP contribution >= 0.6 is 0 Å². The molecule has 1 aromatic heterocycles. The molecule has 1 aromatic carbocycles. The maximum Gasteiger partial charge on any atom is 0.413 e. The number of pyridine rings is 1. The molecule has 0 fully saturated rings. The Morgan fingerprint density at radius 1 is 1.08 bits per heavy atom. The van der Waals surface area contributed by atoms with Crippen molar-refractivity contribution in [3.05, 3.63) is 28.7 Å². The van der Waals surface area contributed by atoms with Gasteiger partial charge in [-0.1, -0.05) is 0 Å². The molecule has 1 amide bonds. The Morgan fingerprint density at radius 2 is 1.64 bits per heavy atom. The van der Waals surface area contributed by atoms with Crippen molar-refractivity contribution in [3.8, 4) is 17.2 Å². The number of hydrogen-bond donors (Lipinski definition) is 1. The second-order valence-corrected chi connectivity index (χ2v) is 6.60. The first-order valence-electron chi connectivity index (χ1n) is 7.99. The minimum absolute atomic E-state index is 0.193. The van der Waals surface area contributed by atoms with Gasteiger partial charge in [-0.3, -0.25) is 4.79 Å². The zero-order valence-electron chi connectivity index (χ0n) is 15.4. The average Bonchev–Trinajstić information content (AvgIpc) is 2.54. The third kappa shape index (κ3) is 4.04. The monoisotopic (exact) mass is 348 g/mol. The zero-order chi connectivity index (χ0) is 18.8. The van der Waals surface area contributed by atoms with Gasteiger partial charge in [0.25, 0.3) is 5.56 Å². The van der Waals surface area contributed by atoms with E-state index in [2.05, 4.69) is 5.32 Å². The summed E-state index contributed by atoms with van der Waals surface area (Å²) in [4.78, 5) is 24.8. The number of methoxy groups -OCH3 is 2. The van der Waals surface area contributed by atoms with Gasteiger partial charge in [0.2, 0.25) is 0 Å². The van der Waals surface area contributed by atoms with E-state index in [0.29, 0.717) is 28.8 Å². The zero-order valence-corrected chi connectivity index (χ0v) is 15.4. The van der Waals surface area contributed by atoms with Crippen LogP contribution < -0.4 is 25.1 Å². The molecule has 0 aliphatic heterocycles. The normalized spacial score (nSPS) is 11.3. The third-order valence-electron chi connectivity index (χ3n) is 3.57. The number of amides is 1. The van der Waals surface area contributed by atoms with Crippen LogP contribution in [0, 0.1) is 0 Å². The molecule has 0 aliphatic carbocycles. The van der Waals surface area contributed by atoms with Crippen LogP contribution in [0.15, 0.2) is 23.1 Å². The van der Waals surface area contributed by atoms with E-state index < -0.39 is 11.6 Å². The highest BCUT2D eigenvalue weighted by Crippen LogP contribution is 2.35. The van der Waals surface area contributed by atoms with Crippen LogP contribution in [0.2, 0.25) is 0 Å². The lowest BCUT2D eigenvalue weighted by Gasteiger charge is -2.20. The molecule has 2 rings (SSSR count). The molecular formula is C18H24N2O5. The van der Waals surface area contributed by atoms with Gasteiger partial charge in [0.05, 0.1) is 25.8 Å². The topological polar surface area (TPSA) is 78.8 Å². The molecule has 0 radical (unpaired) electrons. The van der Waals surface area contributed by atoms with Gasteiger partial charge in [0.1, 0.15) is 0 Å². The average molecular weight is 348 g/mol. The number of benzene rings is 1. The second-order valence-electron chi connectivity index (χ2n) is 6.60. The number of carbonyl (C=O) groups is 1. The van der Waals surface area contributed by atoms with E-state index in [1.807, 2.05) is 27.7 Å². The Hall–Kier alpha value is -2.70. The Balaban J connectivity index is 2.64. The number of hydrogen-bond acceptors (Lipinski definition) is 5. The Bertz CT molecular complexity index is 849. The number of aromatic nitrogens is 1. The van der Waals surface area contributed by atoms with Crippen molar-refractivity contribution < 1.29 is 19.0 Å². The first-order chi connectivity index (χ1) is 11.7. The van der Waals surface area contributed by atoms with Crippen molar-refractivity contribution in [3.63, 3.8) is 0 Å². The van der Waals surface area contributed by atoms with E-state index in [9.17, 15) is 9.59 Å². The number of fused-ring (bicyclic) bond motifs is 1. The number of aryl methyl sites for hydroxylation is 1. The minimum atomic E-state index is -0.593. The van der Waals surface area contributed by atoms with Gasteiger partial charge in [-0.25, -0.2) is 4.79 Å². The van der Waals surface area contributed by atoms with E-state index in [1.54, 1.807) is 12.1 Å². The lowest BCUT2D eigenvalue weighted by molar-refractivity contribution is 0.191. The van der Waals surface area contributed by atoms with E-state index in [1.165, 1.54) is 25.0 Å². The van der Waals surface area contributed by atoms with E-state index in [0.717, 1.165) is 0 Å². The summed E-state index contributed by atoms with van der Waals surface area (Å²) in [7, 11) is 3.00. The smallest absolute Gasteiger partial charge is 0.413 e. The van der Waals surface area contributed by atoms with Crippen LogP contribution in [-0.2, 0) is 6.54 Å². The predicted octanol–water partition coefficient (Wildman–Crippen LogP) is 2.93. The maximum atomic E-state index is 12.6. The van der Waals surface area contributed by atoms with Crippen LogP contribution in [-0.4, -0.2) is 30.4 Å². The molecule has 0 aliphatic rings. The van der Waals surface area contributed by atoms with Crippen molar-refractivity contribution in [1.29, 1.82) is 0 Å². The summed E-state index contributed by atoms with van der Waals surface area (Å²) >= 11 is 0. The molecule has 0 saturated heterocycles. The number of rotatable bonds is 4. The second kappa shape index (κ2) is 7.04. The van der Waals surface area contributed by atoms with Crippen molar-refractivity contribution in [2.75, 3.05) is 14.2 Å². The first-order valence-corrected chi connectivity index (χ1v) is 7.99. The fraction of sp³-hybridized carbons (Fsp3) is 0.444. The molecule has 0 saturated carbocycles. The predicted molar refractivity (Wildman–Crippen MR) is 95.9 cm³/mol. The van der Waals surface area contributed by atoms with E-state index in [-0.39, 0.29) is 11.3 Å². The minimum Gasteiger partial charge on any atom is -0.493 e. The number of carbonyl (C=O) groups excluding carboxylic acids is 1. The molecule has 2 aromatic rings. The number of nitrogens with one attached hydrogen (secondary N) is 1. The molecule has 0 atom stereocenters. The highest BCUT2D eigenvalue weighted by atomic mass is 16.6. The summed E-state index contributed by atoms with van der Waals surface area (Å²) < 4.78 is 17.5. The van der Waals surface area contributed by atoms with E-state index >= 15 is 0 Å². The standard InChI is InChI=1S/C18H24N2O5/c1-7-20-10-15(25-17(22)19-18(2,3)4)11-8-13(23-5)14(24-6)9-12(11)16(20)21/h8-10H,7H2,1-6H3,(H,19,22). The van der Waals surface area contributed by atoms with Gasteiger partial charge in [0, 0.05) is 17.5 Å². The fourth-order valence-corrected chi connectivity index (χ4v) is 2.43. The van der Waals surface area contributed by atoms with Gasteiger partial charge in [0.15, 0.2) is 17.2 Å². The van der Waals surface area contributed by atoms with Gasteiger partial charge < -0.3 is 24.1 Å². The van der Waals surface area contributed by atoms with Gasteiger partial charge in [-0.05, 0) is 39.8 Å². The van der Waals surface area contributed by atoms with E-state index in [4.69, 9.17) is 14.2 Å². The fourth-order valence-electron chi connectivity index (χ4n) is 2.43. The molecule has 136 valence electrons. The summed E-state index contributed by atoms with van der Waals surface area (Å²) in [5.74, 6) is 1.16. The Morgan fingerprint density at radius 3 is 2.12 bits per heavy atom. The SMILES string of the molecule is CCn1cc(OC(=O)NC(C)(C)C)c2cc(OC)c(OC)cc2c1=O. The molecule has 7 nitrogen and oxygen atoms in total. The molecular weight excluding hydrogens is 324 g/mol. The Kier molecular flexibility index (Phi) is 5.25. The van der Waals surface area contributed by atoms with Gasteiger partial charge in [-0.2, -0.15) is 0 Å². The van der Waals surface area contributed by atoms with Gasteiger partial charge >= 0.3 is 6.09 Å². The highest BCUT2D eigenvalue weighted by Gasteiger charge is 2.19. The number of ether oxygens (including phenoxy) is 3. The summed E-state index contributed by atoms with van der Waals surface area (Å²) in [6, 6.07) is 3.23. The molecule has 1 N–H and O–H groups in total. The maximum absolute atomic E-state index is 12.6. The summed E-state index contributed by atoms with van der Waals surface area (Å²) in [5, 5.41) is 3.60. The van der Waals surface area contributed by atoms with Gasteiger partial charge in [-0.15, -0.1) is 0 Å². The van der Waals surface area contributed by atoms with Crippen LogP contribution in [0.25, 0.3) is 10.8 Å². The number of nitrogens with zero attached hydrogens (tertiary/aromatic N) is 1. The molecule has 7 heteroatoms. The van der Waals surface area contributed by atoms with Crippen LogP contribution in [0.3, 0.4) is 0 Å². The van der Waals surface area contributed by atoms with Crippen LogP contribution in [0.4, 0.5) is 4.79 Å². The molecule has 0 spiro atoms. The Labute approximate surface area is 146 Å². The largest absolute Gasteiger partial charge is 0.493 e. The molecule has 25 heavy (non-hydrogen) atoms. The van der Waals surface area contributed by atoms with Crippen LogP contribution in [0.5, 0.6) is 17.2 Å². The quantitative estimate of drug-likeness (QED) is 0.919. The highest BCUT2D eigenvalue weighted by molar-refractivity contribution is 5.92. The third-order valence-corrected chi connectivity index (χ3v) is 3.57. The van der Waals surface area contributed by atoms with Crippen LogP contribution in [0.1, 0.15) is 27.7 Å². The molecule has 1 heterocycles. The summed E-state index contributed by atoms with van der Waals surface area (Å²) in [5.41, 5.74) is -0.630. The van der Waals surface area contributed by atoms with Crippen molar-refractivity contribution in [1.82, 2.24) is 9.88 Å². The summed E-state index contributed by atoms with van der Waals surface area (Å²) in [6.07, 6.45) is 0.934. The van der Waals surface area contributed by atoms with Crippen molar-refractivity contribution in [2.45, 2.75) is 39.8 Å². The lowest BCUT2D eigenvalue weighted by Crippen LogP contribution is -2.42. The molecule has 0 unspecified atom stereocenters. The van der Waals surface area contributed by atoms with Crippen molar-refractivity contribution >= 4 is 16.9 Å². The lowest BCUT2D eigenvalue weighted by atomic mass is 10.1.